The second-order valence-electron chi connectivity index (χ2n) is 7.57. The summed E-state index contributed by atoms with van der Waals surface area (Å²) in [4.78, 5) is 13.3. The summed E-state index contributed by atoms with van der Waals surface area (Å²) >= 11 is 0. The largest absolute Gasteiger partial charge is 0.260 e. The third-order valence-electron chi connectivity index (χ3n) is 5.57. The van der Waals surface area contributed by atoms with Gasteiger partial charge < -0.3 is 0 Å². The van der Waals surface area contributed by atoms with Crippen LogP contribution in [0.3, 0.4) is 0 Å². The van der Waals surface area contributed by atoms with Gasteiger partial charge in [0.15, 0.2) is 0 Å². The molecule has 3 aromatic rings. The van der Waals surface area contributed by atoms with Crippen LogP contribution in [0.1, 0.15) is 42.7 Å². The van der Waals surface area contributed by atoms with Crippen LogP contribution in [0.25, 0.3) is 22.0 Å². The molecule has 0 spiro atoms. The topological polar surface area (TPSA) is 38.7 Å². The van der Waals surface area contributed by atoms with Crippen molar-refractivity contribution in [1.82, 2.24) is 15.0 Å². The molecule has 132 valence electrons. The Bertz CT molecular complexity index is 1150. The van der Waals surface area contributed by atoms with E-state index in [0.29, 0.717) is 5.92 Å². The van der Waals surface area contributed by atoms with Gasteiger partial charge in [-0.3, -0.25) is 4.98 Å². The van der Waals surface area contributed by atoms with Crippen LogP contribution in [0.4, 0.5) is 0 Å². The zero-order valence-corrected chi connectivity index (χ0v) is 15.6. The number of pyridine rings is 1. The Morgan fingerprint density at radius 2 is 1.96 bits per heavy atom. The lowest BCUT2D eigenvalue weighted by Crippen LogP contribution is -2.01. The summed E-state index contributed by atoms with van der Waals surface area (Å²) in [5.74, 6) is 0.617. The Hall–Kier alpha value is -3.07. The Balaban J connectivity index is 1.58. The SMILES string of the molecule is CC1=C(c2cnc3c(c2)C(c2ccc4ncncc4c2)=CC3)C=CC(C)C1. The molecule has 0 saturated heterocycles. The summed E-state index contributed by atoms with van der Waals surface area (Å²) < 4.78 is 0. The van der Waals surface area contributed by atoms with Crippen LogP contribution in [0.5, 0.6) is 0 Å². The van der Waals surface area contributed by atoms with Gasteiger partial charge >= 0.3 is 0 Å². The molecule has 2 aliphatic carbocycles. The second kappa shape index (κ2) is 6.27. The number of allylic oxidation sites excluding steroid dienone is 5. The third kappa shape index (κ3) is 2.80. The highest BCUT2D eigenvalue weighted by Gasteiger charge is 2.20. The standard InChI is InChI=1S/C24H21N3/c1-15-3-5-20(16(2)9-15)18-11-22-21(6-8-24(22)26-13-18)17-4-7-23-19(10-17)12-25-14-27-23/h3-7,10-15H,8-9H2,1-2H3. The molecule has 2 aromatic heterocycles. The fourth-order valence-electron chi connectivity index (χ4n) is 4.18. The summed E-state index contributed by atoms with van der Waals surface area (Å²) in [5, 5.41) is 1.07. The lowest BCUT2D eigenvalue weighted by molar-refractivity contribution is 0.710. The van der Waals surface area contributed by atoms with Crippen molar-refractivity contribution in [2.75, 3.05) is 0 Å². The van der Waals surface area contributed by atoms with Crippen LogP contribution >= 0.6 is 0 Å². The van der Waals surface area contributed by atoms with Crippen molar-refractivity contribution in [3.8, 4) is 0 Å². The first-order valence-electron chi connectivity index (χ1n) is 9.47. The van der Waals surface area contributed by atoms with Gasteiger partial charge in [-0.05, 0) is 54.2 Å². The number of nitrogens with zero attached hydrogens (tertiary/aromatic N) is 3. The van der Waals surface area contributed by atoms with E-state index in [9.17, 15) is 0 Å². The minimum absolute atomic E-state index is 0.617. The average Bonchev–Trinajstić information content (AvgIpc) is 3.11. The number of benzene rings is 1. The van der Waals surface area contributed by atoms with Gasteiger partial charge in [0.1, 0.15) is 6.33 Å². The molecule has 2 heterocycles. The van der Waals surface area contributed by atoms with Gasteiger partial charge in [0, 0.05) is 35.3 Å². The maximum absolute atomic E-state index is 4.78. The van der Waals surface area contributed by atoms with Crippen molar-refractivity contribution in [2.45, 2.75) is 26.7 Å². The summed E-state index contributed by atoms with van der Waals surface area (Å²) in [6.45, 7) is 4.50. The van der Waals surface area contributed by atoms with Crippen molar-refractivity contribution in [2.24, 2.45) is 5.92 Å². The molecule has 0 radical (unpaired) electrons. The van der Waals surface area contributed by atoms with Crippen molar-refractivity contribution in [3.05, 3.63) is 89.2 Å². The van der Waals surface area contributed by atoms with Crippen LogP contribution in [0.15, 0.2) is 66.8 Å². The summed E-state index contributed by atoms with van der Waals surface area (Å²) in [6.07, 6.45) is 14.4. The van der Waals surface area contributed by atoms with E-state index in [1.54, 1.807) is 6.33 Å². The molecule has 0 bridgehead atoms. The van der Waals surface area contributed by atoms with Crippen LogP contribution in [0, 0.1) is 5.92 Å². The fraction of sp³-hybridized carbons (Fsp3) is 0.208. The number of rotatable bonds is 2. The van der Waals surface area contributed by atoms with Gasteiger partial charge in [-0.15, -0.1) is 0 Å². The molecule has 1 unspecified atom stereocenters. The summed E-state index contributed by atoms with van der Waals surface area (Å²) in [6, 6.07) is 8.71. The molecule has 3 nitrogen and oxygen atoms in total. The highest BCUT2D eigenvalue weighted by Crippen LogP contribution is 2.36. The Labute approximate surface area is 159 Å². The average molecular weight is 351 g/mol. The summed E-state index contributed by atoms with van der Waals surface area (Å²) in [7, 11) is 0. The van der Waals surface area contributed by atoms with E-state index in [0.717, 1.165) is 29.4 Å². The van der Waals surface area contributed by atoms with Gasteiger partial charge in [-0.2, -0.15) is 0 Å². The van der Waals surface area contributed by atoms with E-state index in [-0.39, 0.29) is 0 Å². The maximum atomic E-state index is 4.78. The Morgan fingerprint density at radius 3 is 2.85 bits per heavy atom. The molecule has 3 heteroatoms. The Morgan fingerprint density at radius 1 is 1.04 bits per heavy atom. The minimum atomic E-state index is 0.617. The van der Waals surface area contributed by atoms with E-state index in [1.165, 1.54) is 33.4 Å². The molecule has 0 saturated carbocycles. The van der Waals surface area contributed by atoms with Crippen molar-refractivity contribution >= 4 is 22.0 Å². The van der Waals surface area contributed by atoms with E-state index < -0.39 is 0 Å². The smallest absolute Gasteiger partial charge is 0.116 e. The van der Waals surface area contributed by atoms with Gasteiger partial charge in [0.05, 0.1) is 11.2 Å². The van der Waals surface area contributed by atoms with Crippen LogP contribution in [-0.4, -0.2) is 15.0 Å². The molecule has 27 heavy (non-hydrogen) atoms. The number of hydrogen-bond donors (Lipinski definition) is 0. The normalized spacial score (nSPS) is 18.7. The predicted octanol–water partition coefficient (Wildman–Crippen LogP) is 5.38. The number of hydrogen-bond acceptors (Lipinski definition) is 3. The summed E-state index contributed by atoms with van der Waals surface area (Å²) in [5.41, 5.74) is 9.82. The molecule has 1 aromatic carbocycles. The van der Waals surface area contributed by atoms with Gasteiger partial charge in [0.25, 0.3) is 0 Å². The van der Waals surface area contributed by atoms with Crippen LogP contribution < -0.4 is 0 Å². The molecule has 0 N–H and O–H groups in total. The highest BCUT2D eigenvalue weighted by molar-refractivity contribution is 5.90. The maximum Gasteiger partial charge on any atom is 0.116 e. The fourth-order valence-corrected chi connectivity index (χ4v) is 4.18. The number of fused-ring (bicyclic) bond motifs is 2. The van der Waals surface area contributed by atoms with E-state index >= 15 is 0 Å². The van der Waals surface area contributed by atoms with Crippen LogP contribution in [-0.2, 0) is 6.42 Å². The second-order valence-corrected chi connectivity index (χ2v) is 7.57. The molecular weight excluding hydrogens is 330 g/mol. The lowest BCUT2D eigenvalue weighted by atomic mass is 9.88. The van der Waals surface area contributed by atoms with E-state index in [4.69, 9.17) is 4.98 Å². The van der Waals surface area contributed by atoms with E-state index in [1.807, 2.05) is 12.4 Å². The molecule has 0 fully saturated rings. The van der Waals surface area contributed by atoms with Crippen molar-refractivity contribution < 1.29 is 0 Å². The molecule has 5 rings (SSSR count). The number of aromatic nitrogens is 3. The zero-order chi connectivity index (χ0) is 18.4. The van der Waals surface area contributed by atoms with E-state index in [2.05, 4.69) is 66.3 Å². The minimum Gasteiger partial charge on any atom is -0.260 e. The molecule has 0 aliphatic heterocycles. The van der Waals surface area contributed by atoms with Crippen LogP contribution in [0.2, 0.25) is 0 Å². The predicted molar refractivity (Wildman–Crippen MR) is 110 cm³/mol. The first-order chi connectivity index (χ1) is 13.2. The zero-order valence-electron chi connectivity index (χ0n) is 15.6. The van der Waals surface area contributed by atoms with Crippen molar-refractivity contribution in [1.29, 1.82) is 0 Å². The molecule has 0 amide bonds. The Kier molecular flexibility index (Phi) is 3.75. The van der Waals surface area contributed by atoms with Gasteiger partial charge in [0.2, 0.25) is 0 Å². The van der Waals surface area contributed by atoms with Gasteiger partial charge in [-0.1, -0.05) is 36.8 Å². The highest BCUT2D eigenvalue weighted by atomic mass is 14.8. The monoisotopic (exact) mass is 351 g/mol. The molecule has 2 aliphatic rings. The first-order valence-corrected chi connectivity index (χ1v) is 9.47. The van der Waals surface area contributed by atoms with Crippen molar-refractivity contribution in [3.63, 3.8) is 0 Å². The molecule has 1 atom stereocenters. The quantitative estimate of drug-likeness (QED) is 0.622. The first kappa shape index (κ1) is 16.1. The molecular formula is C24H21N3. The third-order valence-corrected chi connectivity index (χ3v) is 5.57. The lowest BCUT2D eigenvalue weighted by Gasteiger charge is -2.18. The van der Waals surface area contributed by atoms with Gasteiger partial charge in [-0.25, -0.2) is 9.97 Å².